The van der Waals surface area contributed by atoms with Crippen molar-refractivity contribution in [3.63, 3.8) is 0 Å². The summed E-state index contributed by atoms with van der Waals surface area (Å²) in [6.45, 7) is 7.39. The maximum Gasteiger partial charge on any atom is 0.308 e. The summed E-state index contributed by atoms with van der Waals surface area (Å²) >= 11 is 0. The third kappa shape index (κ3) is 2.86. The minimum Gasteiger partial charge on any atom is -0.427 e. The van der Waals surface area contributed by atoms with Gasteiger partial charge in [-0.05, 0) is 86.0 Å². The Morgan fingerprint density at radius 2 is 1.97 bits per heavy atom. The van der Waals surface area contributed by atoms with E-state index in [1.807, 2.05) is 6.07 Å². The summed E-state index contributed by atoms with van der Waals surface area (Å²) in [5.74, 6) is 4.21. The summed E-state index contributed by atoms with van der Waals surface area (Å²) in [6.07, 6.45) is 9.96. The van der Waals surface area contributed by atoms with Gasteiger partial charge < -0.3 is 9.84 Å². The lowest BCUT2D eigenvalue weighted by Crippen LogP contribution is -2.51. The number of esters is 1. The van der Waals surface area contributed by atoms with E-state index in [-0.39, 0.29) is 23.1 Å². The van der Waals surface area contributed by atoms with E-state index in [1.54, 1.807) is 13.0 Å². The van der Waals surface area contributed by atoms with Gasteiger partial charge in [-0.15, -0.1) is 6.42 Å². The van der Waals surface area contributed by atoms with E-state index in [0.29, 0.717) is 35.5 Å². The smallest absolute Gasteiger partial charge is 0.308 e. The normalized spacial score (nSPS) is 37.7. The molecule has 0 bridgehead atoms. The third-order valence-corrected chi connectivity index (χ3v) is 8.17. The molecular formula is C25H30O4. The number of terminal acetylenes is 1. The van der Waals surface area contributed by atoms with Crippen LogP contribution in [0.25, 0.3) is 0 Å². The van der Waals surface area contributed by atoms with E-state index < -0.39 is 5.60 Å². The average molecular weight is 395 g/mol. The van der Waals surface area contributed by atoms with Gasteiger partial charge in [0.05, 0.1) is 0 Å². The van der Waals surface area contributed by atoms with Gasteiger partial charge >= 0.3 is 5.97 Å². The van der Waals surface area contributed by atoms with Gasteiger partial charge in [0.15, 0.2) is 5.78 Å². The standard InChI is InChI=1S/C25H30O4/c1-6-25(28)10-8-21-22-14(2)11-17-12-18(29-16(4)27)13-20(15(3)26)23(17)19(22)7-9-24(21,25)5/h1,12-14,19,21-22,28H,7-11H2,2-5H3/t14?,19?,21?,22?,24-,25?/m0/s1. The van der Waals surface area contributed by atoms with E-state index in [4.69, 9.17) is 11.2 Å². The van der Waals surface area contributed by atoms with E-state index in [1.165, 1.54) is 6.92 Å². The molecule has 0 amide bonds. The number of ether oxygens (including phenoxy) is 1. The lowest BCUT2D eigenvalue weighted by atomic mass is 9.51. The molecule has 154 valence electrons. The Labute approximate surface area is 173 Å². The lowest BCUT2D eigenvalue weighted by Gasteiger charge is -2.54. The number of aliphatic hydroxyl groups is 1. The highest BCUT2D eigenvalue weighted by Gasteiger charge is 2.62. The predicted octanol–water partition coefficient (Wildman–Crippen LogP) is 4.28. The first-order chi connectivity index (χ1) is 13.6. The summed E-state index contributed by atoms with van der Waals surface area (Å²) in [5, 5.41) is 11.2. The number of Topliss-reactive ketones (excluding diaryl/α,β-unsaturated/α-hetero) is 1. The first-order valence-corrected chi connectivity index (χ1v) is 10.7. The number of hydrogen-bond donors (Lipinski definition) is 1. The highest BCUT2D eigenvalue weighted by molar-refractivity contribution is 5.97. The van der Waals surface area contributed by atoms with Crippen molar-refractivity contribution in [1.82, 2.24) is 0 Å². The van der Waals surface area contributed by atoms with Gasteiger partial charge in [0.2, 0.25) is 0 Å². The van der Waals surface area contributed by atoms with Crippen molar-refractivity contribution in [2.45, 2.75) is 71.3 Å². The second-order valence-electron chi connectivity index (χ2n) is 9.66. The van der Waals surface area contributed by atoms with E-state index >= 15 is 0 Å². The van der Waals surface area contributed by atoms with Crippen LogP contribution in [0.5, 0.6) is 5.75 Å². The highest BCUT2D eigenvalue weighted by Crippen LogP contribution is 2.65. The van der Waals surface area contributed by atoms with Crippen LogP contribution in [0.2, 0.25) is 0 Å². The van der Waals surface area contributed by atoms with Crippen molar-refractivity contribution in [1.29, 1.82) is 0 Å². The van der Waals surface area contributed by atoms with Crippen LogP contribution in [-0.4, -0.2) is 22.5 Å². The Kier molecular flexibility index (Phi) is 4.66. The molecule has 5 unspecified atom stereocenters. The molecule has 0 spiro atoms. The topological polar surface area (TPSA) is 63.6 Å². The SMILES string of the molecule is C#CC1(O)CCC2C3C(C)Cc4cc(OC(C)=O)cc(C(C)=O)c4C3CC[C@@]21C. The molecule has 6 atom stereocenters. The number of hydrogen-bond acceptors (Lipinski definition) is 4. The van der Waals surface area contributed by atoms with Gasteiger partial charge in [0.25, 0.3) is 0 Å². The van der Waals surface area contributed by atoms with Crippen LogP contribution >= 0.6 is 0 Å². The molecule has 4 heteroatoms. The molecule has 0 saturated heterocycles. The Balaban J connectivity index is 1.81. The van der Waals surface area contributed by atoms with Gasteiger partial charge in [0, 0.05) is 17.9 Å². The molecule has 2 fully saturated rings. The molecule has 3 aliphatic rings. The summed E-state index contributed by atoms with van der Waals surface area (Å²) < 4.78 is 5.32. The number of carbonyl (C=O) groups excluding carboxylic acids is 2. The zero-order chi connectivity index (χ0) is 21.1. The van der Waals surface area contributed by atoms with Crippen molar-refractivity contribution in [2.24, 2.45) is 23.2 Å². The van der Waals surface area contributed by atoms with Crippen molar-refractivity contribution < 1.29 is 19.4 Å². The van der Waals surface area contributed by atoms with Crippen LogP contribution in [0.1, 0.15) is 80.8 Å². The predicted molar refractivity (Wildman–Crippen MR) is 111 cm³/mol. The molecule has 0 aliphatic heterocycles. The zero-order valence-electron chi connectivity index (χ0n) is 17.7. The zero-order valence-corrected chi connectivity index (χ0v) is 17.7. The molecule has 1 aromatic carbocycles. The summed E-state index contributed by atoms with van der Waals surface area (Å²) in [4.78, 5) is 24.0. The Hall–Kier alpha value is -2.12. The van der Waals surface area contributed by atoms with Gasteiger partial charge in [0.1, 0.15) is 11.4 Å². The molecule has 3 aliphatic carbocycles. The molecule has 0 heterocycles. The van der Waals surface area contributed by atoms with Crippen LogP contribution in [0.15, 0.2) is 12.1 Å². The monoisotopic (exact) mass is 394 g/mol. The average Bonchev–Trinajstić information content (AvgIpc) is 2.92. The summed E-state index contributed by atoms with van der Waals surface area (Å²) in [5.41, 5.74) is 1.62. The molecule has 4 nitrogen and oxygen atoms in total. The number of rotatable bonds is 2. The largest absolute Gasteiger partial charge is 0.427 e. The minimum atomic E-state index is -1.04. The van der Waals surface area contributed by atoms with Crippen molar-refractivity contribution in [3.8, 4) is 18.1 Å². The first kappa shape index (κ1) is 20.2. The second-order valence-corrected chi connectivity index (χ2v) is 9.66. The van der Waals surface area contributed by atoms with Crippen LogP contribution < -0.4 is 4.74 Å². The highest BCUT2D eigenvalue weighted by atomic mass is 16.5. The molecule has 0 aromatic heterocycles. The third-order valence-electron chi connectivity index (χ3n) is 8.17. The molecule has 1 aromatic rings. The number of fused-ring (bicyclic) bond motifs is 5. The molecule has 0 radical (unpaired) electrons. The van der Waals surface area contributed by atoms with Gasteiger partial charge in [-0.25, -0.2) is 0 Å². The summed E-state index contributed by atoms with van der Waals surface area (Å²) in [7, 11) is 0. The molecule has 2 saturated carbocycles. The van der Waals surface area contributed by atoms with Gasteiger partial charge in [-0.1, -0.05) is 19.8 Å². The van der Waals surface area contributed by atoms with Crippen molar-refractivity contribution in [2.75, 3.05) is 0 Å². The van der Waals surface area contributed by atoms with Gasteiger partial charge in [-0.2, -0.15) is 0 Å². The van der Waals surface area contributed by atoms with E-state index in [2.05, 4.69) is 19.8 Å². The van der Waals surface area contributed by atoms with Crippen LogP contribution in [0, 0.1) is 35.5 Å². The van der Waals surface area contributed by atoms with Crippen LogP contribution in [-0.2, 0) is 11.2 Å². The van der Waals surface area contributed by atoms with E-state index in [0.717, 1.165) is 36.8 Å². The number of ketones is 1. The van der Waals surface area contributed by atoms with Gasteiger partial charge in [-0.3, -0.25) is 9.59 Å². The quantitative estimate of drug-likeness (QED) is 0.352. The molecule has 4 rings (SSSR count). The van der Waals surface area contributed by atoms with Crippen molar-refractivity contribution >= 4 is 11.8 Å². The fraction of sp³-hybridized carbons (Fsp3) is 0.600. The number of carbonyl (C=O) groups is 2. The molecule has 29 heavy (non-hydrogen) atoms. The fourth-order valence-electron chi connectivity index (χ4n) is 6.87. The first-order valence-electron chi connectivity index (χ1n) is 10.7. The Morgan fingerprint density at radius 3 is 2.59 bits per heavy atom. The maximum absolute atomic E-state index is 12.5. The van der Waals surface area contributed by atoms with E-state index in [9.17, 15) is 14.7 Å². The number of benzene rings is 1. The Morgan fingerprint density at radius 1 is 1.24 bits per heavy atom. The molecular weight excluding hydrogens is 364 g/mol. The van der Waals surface area contributed by atoms with Crippen LogP contribution in [0.3, 0.4) is 0 Å². The Bertz CT molecular complexity index is 925. The lowest BCUT2D eigenvalue weighted by molar-refractivity contribution is -0.131. The minimum absolute atomic E-state index is 0.00319. The van der Waals surface area contributed by atoms with Crippen molar-refractivity contribution in [3.05, 3.63) is 28.8 Å². The fourth-order valence-corrected chi connectivity index (χ4v) is 6.87. The second kappa shape index (κ2) is 6.71. The molecule has 1 N–H and O–H groups in total. The van der Waals surface area contributed by atoms with Crippen LogP contribution in [0.4, 0.5) is 0 Å². The maximum atomic E-state index is 12.5. The summed E-state index contributed by atoms with van der Waals surface area (Å²) in [6, 6.07) is 3.67.